The van der Waals surface area contributed by atoms with Gasteiger partial charge in [-0.2, -0.15) is 0 Å². The van der Waals surface area contributed by atoms with Gasteiger partial charge in [0.15, 0.2) is 12.2 Å². The Morgan fingerprint density at radius 2 is 1.07 bits per heavy atom. The number of carbonyl (C=O) groups excluding carboxylic acids is 2. The molecule has 2 amide bonds. The van der Waals surface area contributed by atoms with Gasteiger partial charge in [0.1, 0.15) is 12.2 Å². The van der Waals surface area contributed by atoms with Gasteiger partial charge >= 0.3 is 0 Å². The van der Waals surface area contributed by atoms with E-state index in [1.807, 2.05) is 12.1 Å². The average molecular weight is 617 g/mol. The second kappa shape index (κ2) is 16.4. The summed E-state index contributed by atoms with van der Waals surface area (Å²) in [5.74, 6) is -1.42. The molecule has 4 rings (SSSR count). The maximum Gasteiger partial charge on any atom is 0.252 e. The molecule has 2 heterocycles. The molecule has 2 fully saturated rings. The van der Waals surface area contributed by atoms with E-state index in [-0.39, 0.29) is 26.4 Å². The number of rotatable bonds is 15. The highest BCUT2D eigenvalue weighted by atomic mass is 16.5. The minimum atomic E-state index is -1.87. The molecule has 0 aliphatic carbocycles. The van der Waals surface area contributed by atoms with Crippen LogP contribution in [0.2, 0.25) is 0 Å². The summed E-state index contributed by atoms with van der Waals surface area (Å²) in [6.45, 7) is 3.42. The highest BCUT2D eigenvalue weighted by Crippen LogP contribution is 2.21. The summed E-state index contributed by atoms with van der Waals surface area (Å²) in [7, 11) is 0. The number of benzene rings is 2. The van der Waals surface area contributed by atoms with E-state index in [1.54, 1.807) is 62.4 Å². The van der Waals surface area contributed by atoms with E-state index < -0.39 is 72.7 Å². The second-order valence-electron chi connectivity index (χ2n) is 11.5. The first-order valence-corrected chi connectivity index (χ1v) is 15.0. The lowest BCUT2D eigenvalue weighted by Crippen LogP contribution is -2.57. The summed E-state index contributed by atoms with van der Waals surface area (Å²) in [6, 6.07) is 17.1. The van der Waals surface area contributed by atoms with Crippen LogP contribution in [-0.4, -0.2) is 106 Å². The molecular weight excluding hydrogens is 572 g/mol. The number of carbonyl (C=O) groups is 2. The van der Waals surface area contributed by atoms with Gasteiger partial charge in [-0.1, -0.05) is 60.7 Å². The predicted molar refractivity (Wildman–Crippen MR) is 158 cm³/mol. The smallest absolute Gasteiger partial charge is 0.252 e. The Balaban J connectivity index is 1.50. The molecule has 2 aliphatic heterocycles. The number of aliphatic hydroxyl groups excluding tert-OH is 4. The van der Waals surface area contributed by atoms with E-state index >= 15 is 0 Å². The lowest BCUT2D eigenvalue weighted by Gasteiger charge is -2.31. The van der Waals surface area contributed by atoms with E-state index in [0.29, 0.717) is 12.8 Å². The summed E-state index contributed by atoms with van der Waals surface area (Å²) in [4.78, 5) is 27.0. The molecule has 0 aromatic heterocycles. The first kappa shape index (κ1) is 33.9. The molecule has 44 heavy (non-hydrogen) atoms. The van der Waals surface area contributed by atoms with Crippen molar-refractivity contribution in [3.63, 3.8) is 0 Å². The zero-order valence-corrected chi connectivity index (χ0v) is 25.0. The van der Waals surface area contributed by atoms with Crippen molar-refractivity contribution in [2.24, 2.45) is 0 Å². The second-order valence-corrected chi connectivity index (χ2v) is 11.5. The topological polar surface area (TPSA) is 176 Å². The van der Waals surface area contributed by atoms with Gasteiger partial charge in [0, 0.05) is 0 Å². The molecule has 0 spiro atoms. The molecule has 6 N–H and O–H groups in total. The van der Waals surface area contributed by atoms with Crippen LogP contribution in [0.4, 0.5) is 0 Å². The highest BCUT2D eigenvalue weighted by Gasteiger charge is 2.43. The Bertz CT molecular complexity index is 1080. The summed E-state index contributed by atoms with van der Waals surface area (Å²) in [6.07, 6.45) is -8.55. The number of hydrogen-bond acceptors (Lipinski definition) is 10. The van der Waals surface area contributed by atoms with Crippen LogP contribution in [0.15, 0.2) is 60.7 Å². The highest BCUT2D eigenvalue weighted by molar-refractivity contribution is 5.84. The van der Waals surface area contributed by atoms with Crippen LogP contribution in [0, 0.1) is 0 Å². The minimum absolute atomic E-state index is 0.0535. The Labute approximate surface area is 257 Å². The molecular formula is C32H44N2O10. The van der Waals surface area contributed by atoms with Crippen molar-refractivity contribution in [2.75, 3.05) is 13.2 Å². The molecule has 2 aromatic rings. The van der Waals surface area contributed by atoms with Crippen LogP contribution < -0.4 is 10.6 Å². The van der Waals surface area contributed by atoms with Gasteiger partial charge in [-0.15, -0.1) is 0 Å². The van der Waals surface area contributed by atoms with E-state index in [9.17, 15) is 30.0 Å². The van der Waals surface area contributed by atoms with Crippen molar-refractivity contribution in [3.05, 3.63) is 71.8 Å². The number of aliphatic hydroxyl groups is 4. The van der Waals surface area contributed by atoms with Crippen molar-refractivity contribution in [1.82, 2.24) is 10.6 Å². The van der Waals surface area contributed by atoms with Crippen LogP contribution in [0.5, 0.6) is 0 Å². The molecule has 0 bridgehead atoms. The predicted octanol–water partition coefficient (Wildman–Crippen LogP) is 0.188. The molecule has 12 heteroatoms. The van der Waals surface area contributed by atoms with Crippen LogP contribution >= 0.6 is 0 Å². The molecule has 2 aliphatic rings. The molecule has 242 valence electrons. The van der Waals surface area contributed by atoms with Crippen LogP contribution in [-0.2, 0) is 41.8 Å². The minimum Gasteiger partial charge on any atom is -0.391 e. The van der Waals surface area contributed by atoms with Gasteiger partial charge in [-0.25, -0.2) is 0 Å². The van der Waals surface area contributed by atoms with Gasteiger partial charge in [0.2, 0.25) is 0 Å². The van der Waals surface area contributed by atoms with Crippen molar-refractivity contribution >= 4 is 11.8 Å². The first-order valence-electron chi connectivity index (χ1n) is 15.0. The fourth-order valence-electron chi connectivity index (χ4n) is 5.29. The molecule has 10 atom stereocenters. The normalized spacial score (nSPS) is 25.9. The number of ether oxygens (including phenoxy) is 4. The van der Waals surface area contributed by atoms with Gasteiger partial charge in [-0.05, 0) is 37.8 Å². The standard InChI is InChI=1S/C32H44N2O10/c1-19(35)25-13-23(17-41-25)33-31(39)29(43-15-21-9-5-3-6-10-21)27(37)28(38)30(44-16-22-11-7-4-8-12-22)32(40)34-24-14-26(20(2)36)42-18-24/h3-12,19-20,23-30,35-38H,13-18H2,1-2H3,(H,33,39)(H,34,40)/t19?,20?,23-,24-,25-,26-,27+,28+,29+,30+/m0/s1. The average Bonchev–Trinajstić information content (AvgIpc) is 3.68. The Kier molecular flexibility index (Phi) is 12.6. The van der Waals surface area contributed by atoms with E-state index in [2.05, 4.69) is 10.6 Å². The number of nitrogens with one attached hydrogen (secondary N) is 2. The number of hydrogen-bond donors (Lipinski definition) is 6. The first-order chi connectivity index (χ1) is 21.1. The van der Waals surface area contributed by atoms with E-state index in [1.165, 1.54) is 0 Å². The molecule has 0 saturated carbocycles. The van der Waals surface area contributed by atoms with Crippen LogP contribution in [0.1, 0.15) is 37.8 Å². The Hall–Kier alpha value is -2.94. The Morgan fingerprint density at radius 3 is 1.39 bits per heavy atom. The third-order valence-corrected chi connectivity index (χ3v) is 7.86. The van der Waals surface area contributed by atoms with Crippen molar-refractivity contribution in [3.8, 4) is 0 Å². The maximum absolute atomic E-state index is 13.5. The zero-order chi connectivity index (χ0) is 31.6. The fraction of sp³-hybridized carbons (Fsp3) is 0.562. The zero-order valence-electron chi connectivity index (χ0n) is 25.0. The monoisotopic (exact) mass is 616 g/mol. The Morgan fingerprint density at radius 1 is 0.705 bits per heavy atom. The van der Waals surface area contributed by atoms with E-state index in [4.69, 9.17) is 18.9 Å². The van der Waals surface area contributed by atoms with Crippen molar-refractivity contribution < 1.29 is 49.0 Å². The molecule has 2 aromatic carbocycles. The van der Waals surface area contributed by atoms with Crippen molar-refractivity contribution in [2.45, 2.75) is 101 Å². The molecule has 2 unspecified atom stereocenters. The lowest BCUT2D eigenvalue weighted by molar-refractivity contribution is -0.171. The van der Waals surface area contributed by atoms with Gasteiger partial charge < -0.3 is 50.0 Å². The molecule has 2 saturated heterocycles. The fourth-order valence-corrected chi connectivity index (χ4v) is 5.29. The summed E-state index contributed by atoms with van der Waals surface area (Å²) < 4.78 is 22.9. The van der Waals surface area contributed by atoms with E-state index in [0.717, 1.165) is 11.1 Å². The summed E-state index contributed by atoms with van der Waals surface area (Å²) in [5.41, 5.74) is 1.46. The SMILES string of the molecule is CC(O)[C@@H]1C[C@H](NC(=O)[C@H](OCc2ccccc2)[C@H](O)[C@@H](O)[C@@H](OCc2ccccc2)C(=O)N[C@@H]2CO[C@H](C(C)O)C2)CO1. The van der Waals surface area contributed by atoms with Gasteiger partial charge in [0.05, 0.1) is 62.9 Å². The lowest BCUT2D eigenvalue weighted by atomic mass is 10.00. The molecule has 12 nitrogen and oxygen atoms in total. The van der Waals surface area contributed by atoms with Crippen molar-refractivity contribution in [1.29, 1.82) is 0 Å². The summed E-state index contributed by atoms with van der Waals surface area (Å²) in [5, 5.41) is 48.1. The third-order valence-electron chi connectivity index (χ3n) is 7.86. The largest absolute Gasteiger partial charge is 0.391 e. The maximum atomic E-state index is 13.5. The third kappa shape index (κ3) is 9.53. The van der Waals surface area contributed by atoms with Crippen LogP contribution in [0.3, 0.4) is 0 Å². The van der Waals surface area contributed by atoms with Crippen LogP contribution in [0.25, 0.3) is 0 Å². The quantitative estimate of drug-likeness (QED) is 0.162. The summed E-state index contributed by atoms with van der Waals surface area (Å²) >= 11 is 0. The number of amides is 2. The van der Waals surface area contributed by atoms with Gasteiger partial charge in [0.25, 0.3) is 11.8 Å². The van der Waals surface area contributed by atoms with Gasteiger partial charge in [-0.3, -0.25) is 9.59 Å². The molecule has 0 radical (unpaired) electrons.